The van der Waals surface area contributed by atoms with Gasteiger partial charge in [0.2, 0.25) is 0 Å². The standard InChI is InChI=1S/C29H24NS.C19H26GeN.Ir/c1-3-9-20(10-4-1)22-17-18-30-25(19-22)23-15-16-27-29(24-13-7-8-14-26(24)31-27)28(23)21-11-5-2-6-12-21;1-19(2,3)13-16-12-18(15-10-8-7-9-11-15)21-14-17(16)20(4,5)6;/h2,5-8,11-14,16-20H,1,3-4,9-10H2;7-10,12,14H,13H2,1-6H3;/q2*-1;/i;13D2;. The van der Waals surface area contributed by atoms with E-state index in [-0.39, 0.29) is 20.1 Å². The molecule has 1 aliphatic carbocycles. The van der Waals surface area contributed by atoms with Crippen LogP contribution in [0.1, 0.15) is 72.7 Å². The molecule has 8 rings (SSSR count). The molecule has 7 aromatic rings. The van der Waals surface area contributed by atoms with Gasteiger partial charge in [-0.15, -0.1) is 17.7 Å². The average molecular weight is 954 g/mol. The molecule has 1 fully saturated rings. The molecule has 0 saturated heterocycles. The number of rotatable bonds is 6. The maximum atomic E-state index is 8.76. The second-order valence-corrected chi connectivity index (χ2v) is 27.7. The van der Waals surface area contributed by atoms with Crippen LogP contribution in [-0.4, -0.2) is 23.2 Å². The van der Waals surface area contributed by atoms with E-state index in [0.717, 1.165) is 32.5 Å². The van der Waals surface area contributed by atoms with Crippen LogP contribution in [0.3, 0.4) is 0 Å². The van der Waals surface area contributed by atoms with Gasteiger partial charge in [-0.1, -0.05) is 95.9 Å². The fourth-order valence-corrected chi connectivity index (χ4v) is 11.4. The minimum Gasteiger partial charge on any atom is -0.305 e. The number of thiophene rings is 1. The smallest absolute Gasteiger partial charge is 0.0239 e. The zero-order valence-corrected chi connectivity index (χ0v) is 37.0. The fourth-order valence-electron chi connectivity index (χ4n) is 7.39. The van der Waals surface area contributed by atoms with E-state index < -0.39 is 25.1 Å². The summed E-state index contributed by atoms with van der Waals surface area (Å²) in [5.74, 6) is 7.52. The summed E-state index contributed by atoms with van der Waals surface area (Å²) in [6.45, 7) is 5.88. The molecule has 0 atom stereocenters. The third kappa shape index (κ3) is 9.28. The van der Waals surface area contributed by atoms with E-state index in [9.17, 15) is 0 Å². The van der Waals surface area contributed by atoms with Gasteiger partial charge < -0.3 is 4.98 Å². The molecule has 0 N–H and O–H groups in total. The molecule has 0 unspecified atom stereocenters. The molecule has 2 nitrogen and oxygen atoms in total. The average Bonchev–Trinajstić information content (AvgIpc) is 3.57. The van der Waals surface area contributed by atoms with E-state index >= 15 is 0 Å². The Morgan fingerprint density at radius 1 is 0.811 bits per heavy atom. The van der Waals surface area contributed by atoms with Crippen molar-refractivity contribution in [2.75, 3.05) is 0 Å². The summed E-state index contributed by atoms with van der Waals surface area (Å²) in [6.07, 6.45) is 9.16. The molecule has 1 saturated carbocycles. The molecule has 53 heavy (non-hydrogen) atoms. The predicted octanol–water partition coefficient (Wildman–Crippen LogP) is 13.3. The van der Waals surface area contributed by atoms with Crippen LogP contribution in [-0.2, 0) is 26.5 Å². The first-order chi connectivity index (χ1) is 25.8. The molecule has 0 bridgehead atoms. The molecule has 3 heterocycles. The van der Waals surface area contributed by atoms with Crippen LogP contribution >= 0.6 is 11.3 Å². The zero-order valence-electron chi connectivity index (χ0n) is 33.7. The van der Waals surface area contributed by atoms with Crippen molar-refractivity contribution in [1.82, 2.24) is 9.97 Å². The Morgan fingerprint density at radius 2 is 1.55 bits per heavy atom. The Bertz CT molecular complexity index is 2370. The summed E-state index contributed by atoms with van der Waals surface area (Å²) in [6, 6.07) is 42.7. The Labute approximate surface area is 340 Å². The predicted molar refractivity (Wildman–Crippen MR) is 227 cm³/mol. The Balaban J connectivity index is 0.000000193. The SMILES string of the molecule is [2H]C([2H])(c1cc(-c2[c-]cccc2)nc[c]1[Ge]([CH3])([CH3])[CH3])C(C)(C)C.[Ir].[c-]1cc2sc3ccccc3c2c(-c2ccccc2)c1-c1cc(C2CCCCC2)ccn1. The molecular weight excluding hydrogens is 901 g/mol. The van der Waals surface area contributed by atoms with Crippen LogP contribution in [0.4, 0.5) is 0 Å². The number of nitrogens with zero attached hydrogens (tertiary/aromatic N) is 2. The van der Waals surface area contributed by atoms with Gasteiger partial charge in [-0.05, 0) is 46.7 Å². The quantitative estimate of drug-likeness (QED) is 0.123. The van der Waals surface area contributed by atoms with E-state index in [1.807, 2.05) is 74.8 Å². The zero-order chi connectivity index (χ0) is 38.1. The number of aromatic nitrogens is 2. The second kappa shape index (κ2) is 16.9. The minimum atomic E-state index is -2.24. The third-order valence-corrected chi connectivity index (χ3v) is 15.2. The van der Waals surface area contributed by atoms with Gasteiger partial charge in [-0.25, -0.2) is 0 Å². The molecule has 1 aliphatic rings. The largest absolute Gasteiger partial charge is 0.305 e. The van der Waals surface area contributed by atoms with Crippen LogP contribution in [0.5, 0.6) is 0 Å². The van der Waals surface area contributed by atoms with Crippen molar-refractivity contribution in [2.24, 2.45) is 5.41 Å². The molecule has 0 aliphatic heterocycles. The van der Waals surface area contributed by atoms with Crippen molar-refractivity contribution < 1.29 is 22.8 Å². The van der Waals surface area contributed by atoms with Gasteiger partial charge in [-0.2, -0.15) is 11.3 Å². The molecule has 273 valence electrons. The van der Waals surface area contributed by atoms with Crippen molar-refractivity contribution in [1.29, 1.82) is 0 Å². The summed E-state index contributed by atoms with van der Waals surface area (Å²) in [5, 5.41) is 2.64. The van der Waals surface area contributed by atoms with Crippen LogP contribution in [0.25, 0.3) is 53.8 Å². The summed E-state index contributed by atoms with van der Waals surface area (Å²) in [5.41, 5.74) is 8.10. The second-order valence-electron chi connectivity index (χ2n) is 16.1. The van der Waals surface area contributed by atoms with Gasteiger partial charge >= 0.3 is 135 Å². The molecule has 0 amide bonds. The van der Waals surface area contributed by atoms with Crippen molar-refractivity contribution in [3.8, 4) is 33.6 Å². The van der Waals surface area contributed by atoms with Crippen LogP contribution in [0, 0.1) is 17.5 Å². The summed E-state index contributed by atoms with van der Waals surface area (Å²) < 4.78 is 21.3. The Morgan fingerprint density at radius 3 is 2.26 bits per heavy atom. The molecular formula is C48H50GeIrN2S-2. The normalized spacial score (nSPS) is 14.5. The van der Waals surface area contributed by atoms with Crippen LogP contribution in [0.2, 0.25) is 17.3 Å². The Hall–Kier alpha value is -3.41. The topological polar surface area (TPSA) is 25.8 Å². The minimum absolute atomic E-state index is 0. The first kappa shape index (κ1) is 36.6. The molecule has 5 heteroatoms. The van der Waals surface area contributed by atoms with Gasteiger partial charge in [-0.3, -0.25) is 0 Å². The van der Waals surface area contributed by atoms with Gasteiger partial charge in [0.1, 0.15) is 0 Å². The maximum absolute atomic E-state index is 8.76. The third-order valence-electron chi connectivity index (χ3n) is 9.86. The monoisotopic (exact) mass is 955 g/mol. The van der Waals surface area contributed by atoms with Gasteiger partial charge in [0.25, 0.3) is 0 Å². The van der Waals surface area contributed by atoms with Crippen molar-refractivity contribution >= 4 is 49.2 Å². The molecule has 1 radical (unpaired) electrons. The summed E-state index contributed by atoms with van der Waals surface area (Å²) >= 11 is -0.392. The van der Waals surface area contributed by atoms with Crippen molar-refractivity contribution in [3.63, 3.8) is 0 Å². The van der Waals surface area contributed by atoms with E-state index in [1.165, 1.54) is 69.0 Å². The van der Waals surface area contributed by atoms with Crippen LogP contribution in [0.15, 0.2) is 116 Å². The van der Waals surface area contributed by atoms with E-state index in [2.05, 4.69) is 107 Å². The fraction of sp³-hybridized carbons (Fsp3) is 0.292. The van der Waals surface area contributed by atoms with Gasteiger partial charge in [0.15, 0.2) is 0 Å². The van der Waals surface area contributed by atoms with Gasteiger partial charge in [0, 0.05) is 31.0 Å². The summed E-state index contributed by atoms with van der Waals surface area (Å²) in [7, 11) is 0. The van der Waals surface area contributed by atoms with Crippen LogP contribution < -0.4 is 4.40 Å². The number of hydrogen-bond donors (Lipinski definition) is 0. The van der Waals surface area contributed by atoms with E-state index in [0.29, 0.717) is 5.92 Å². The number of pyridine rings is 2. The van der Waals surface area contributed by atoms with Crippen molar-refractivity contribution in [3.05, 3.63) is 139 Å². The van der Waals surface area contributed by atoms with Crippen molar-refractivity contribution in [2.45, 2.75) is 82.4 Å². The Kier molecular flexibility index (Phi) is 11.7. The first-order valence-electron chi connectivity index (χ1n) is 19.7. The molecule has 3 aromatic heterocycles. The van der Waals surface area contributed by atoms with E-state index in [1.54, 1.807) is 0 Å². The summed E-state index contributed by atoms with van der Waals surface area (Å²) in [4.78, 5) is 9.45. The molecule has 4 aromatic carbocycles. The number of benzene rings is 4. The first-order valence-corrected chi connectivity index (χ1v) is 26.8. The van der Waals surface area contributed by atoms with E-state index in [4.69, 9.17) is 7.73 Å². The van der Waals surface area contributed by atoms with Gasteiger partial charge in [0.05, 0.1) is 0 Å². The maximum Gasteiger partial charge on any atom is 0.0239 e. The number of fused-ring (bicyclic) bond motifs is 3. The number of hydrogen-bond acceptors (Lipinski definition) is 3. The molecule has 0 spiro atoms.